The normalized spacial score (nSPS) is 25.7. The number of amides is 2. The first kappa shape index (κ1) is 38.9. The molecule has 0 bridgehead atoms. The molecule has 43 heavy (non-hydrogen) atoms. The molecular weight excluding hydrogens is 572 g/mol. The highest BCUT2D eigenvalue weighted by molar-refractivity contribution is 5.79. The molecule has 8 atom stereocenters. The Hall–Kier alpha value is -2.11. The highest BCUT2D eigenvalue weighted by Crippen LogP contribution is 2.31. The van der Waals surface area contributed by atoms with Crippen molar-refractivity contribution >= 4 is 18.0 Å². The van der Waals surface area contributed by atoms with Crippen molar-refractivity contribution in [3.63, 3.8) is 0 Å². The first-order valence-corrected chi connectivity index (χ1v) is 14.5. The lowest BCUT2D eigenvalue weighted by molar-refractivity contribution is -0.295. The van der Waals surface area contributed by atoms with Crippen molar-refractivity contribution in [3.8, 4) is 0 Å². The molecule has 2 amide bonds. The number of carbonyl (C=O) groups is 3. The Balaban J connectivity index is 2.70. The summed E-state index contributed by atoms with van der Waals surface area (Å²) in [4.78, 5) is 37.0. The van der Waals surface area contributed by atoms with Crippen molar-refractivity contribution in [2.75, 3.05) is 26.9 Å². The summed E-state index contributed by atoms with van der Waals surface area (Å²) in [6, 6.07) is -1.90. The van der Waals surface area contributed by atoms with Gasteiger partial charge in [0.2, 0.25) is 5.91 Å². The van der Waals surface area contributed by atoms with Crippen molar-refractivity contribution < 1.29 is 64.0 Å². The molecule has 252 valence electrons. The lowest BCUT2D eigenvalue weighted by Crippen LogP contribution is -2.67. The number of methoxy groups -OCH3 is 1. The summed E-state index contributed by atoms with van der Waals surface area (Å²) in [6.07, 6.45) is -6.98. The molecule has 0 aliphatic carbocycles. The molecule has 1 heterocycles. The highest BCUT2D eigenvalue weighted by Gasteiger charge is 2.54. The van der Waals surface area contributed by atoms with Gasteiger partial charge in [-0.25, -0.2) is 9.59 Å². The predicted molar refractivity (Wildman–Crippen MR) is 152 cm³/mol. The van der Waals surface area contributed by atoms with Gasteiger partial charge in [0.25, 0.3) is 5.79 Å². The Morgan fingerprint density at radius 3 is 2.23 bits per heavy atom. The Bertz CT molecular complexity index is 902. The van der Waals surface area contributed by atoms with E-state index < -0.39 is 84.8 Å². The topological polar surface area (TPSA) is 234 Å². The third-order valence-electron chi connectivity index (χ3n) is 7.73. The van der Waals surface area contributed by atoms with Crippen LogP contribution in [0.3, 0.4) is 0 Å². The first-order valence-electron chi connectivity index (χ1n) is 14.5. The van der Waals surface area contributed by atoms with Crippen LogP contribution in [0.2, 0.25) is 0 Å². The Morgan fingerprint density at radius 2 is 1.70 bits per heavy atom. The molecule has 0 radical (unpaired) electrons. The standard InChI is InChI=1S/C28H52N2O13/c1-8-17(29-25(38)41-11-9-27(5,6)42-12-10-26(3,4)40-7)13-16(2)23(35)30-20-18(32)14-28(39,24(36)37)43-22(20)21(34)19(33)15-31/h16-22,31-34,39H,8-15H2,1-7H3,(H,29,38)(H,30,35)(H,36,37). The summed E-state index contributed by atoms with van der Waals surface area (Å²) in [5, 5.41) is 64.9. The number of carboxylic acids is 1. The molecule has 8 unspecified atom stereocenters. The van der Waals surface area contributed by atoms with E-state index in [2.05, 4.69) is 10.6 Å². The number of alkyl carbamates (subject to hydrolysis) is 1. The van der Waals surface area contributed by atoms with Crippen LogP contribution in [0.1, 0.15) is 73.6 Å². The van der Waals surface area contributed by atoms with Crippen LogP contribution in [0.25, 0.3) is 0 Å². The summed E-state index contributed by atoms with van der Waals surface area (Å²) in [6.45, 7) is 10.7. The number of ether oxygens (including phenoxy) is 4. The summed E-state index contributed by atoms with van der Waals surface area (Å²) in [5.74, 6) is -6.12. The molecule has 0 aromatic heterocycles. The monoisotopic (exact) mass is 624 g/mol. The van der Waals surface area contributed by atoms with Gasteiger partial charge >= 0.3 is 12.1 Å². The van der Waals surface area contributed by atoms with Crippen LogP contribution < -0.4 is 10.6 Å². The molecule has 1 saturated heterocycles. The predicted octanol–water partition coefficient (Wildman–Crippen LogP) is -0.360. The third-order valence-corrected chi connectivity index (χ3v) is 7.73. The van der Waals surface area contributed by atoms with Gasteiger partial charge in [-0.1, -0.05) is 13.8 Å². The number of hydrogen-bond acceptors (Lipinski definition) is 12. The number of nitrogens with one attached hydrogen (secondary N) is 2. The smallest absolute Gasteiger partial charge is 0.407 e. The van der Waals surface area contributed by atoms with Gasteiger partial charge < -0.3 is 60.2 Å². The van der Waals surface area contributed by atoms with Gasteiger partial charge in [-0.2, -0.15) is 0 Å². The largest absolute Gasteiger partial charge is 0.477 e. The number of hydrogen-bond donors (Lipinski definition) is 8. The van der Waals surface area contributed by atoms with E-state index in [1.807, 2.05) is 34.6 Å². The van der Waals surface area contributed by atoms with E-state index in [1.165, 1.54) is 0 Å². The average Bonchev–Trinajstić information content (AvgIpc) is 2.92. The zero-order chi connectivity index (χ0) is 33.2. The van der Waals surface area contributed by atoms with Crippen molar-refractivity contribution in [3.05, 3.63) is 0 Å². The molecule has 1 fully saturated rings. The van der Waals surface area contributed by atoms with Gasteiger partial charge in [0.1, 0.15) is 18.3 Å². The summed E-state index contributed by atoms with van der Waals surface area (Å²) in [5.41, 5.74) is -0.843. The van der Waals surface area contributed by atoms with Gasteiger partial charge in [0.15, 0.2) is 0 Å². The maximum Gasteiger partial charge on any atom is 0.407 e. The number of aliphatic hydroxyl groups is 5. The second-order valence-electron chi connectivity index (χ2n) is 12.3. The maximum absolute atomic E-state index is 13.0. The SMILES string of the molecule is CCC(CC(C)C(=O)NC1C(O)CC(O)(C(=O)O)OC1C(O)C(O)CO)NC(=O)OCCC(C)(C)OCCC(C)(C)OC. The van der Waals surface area contributed by atoms with E-state index >= 15 is 0 Å². The van der Waals surface area contributed by atoms with Crippen molar-refractivity contribution in [1.82, 2.24) is 10.6 Å². The minimum atomic E-state index is -2.90. The molecule has 0 saturated carbocycles. The Labute approximate surface area is 252 Å². The van der Waals surface area contributed by atoms with E-state index in [1.54, 1.807) is 14.0 Å². The van der Waals surface area contributed by atoms with E-state index in [0.717, 1.165) is 0 Å². The molecule has 1 aliphatic rings. The van der Waals surface area contributed by atoms with E-state index in [9.17, 15) is 45.0 Å². The summed E-state index contributed by atoms with van der Waals surface area (Å²) in [7, 11) is 1.64. The van der Waals surface area contributed by atoms with Crippen LogP contribution in [-0.2, 0) is 28.5 Å². The first-order chi connectivity index (χ1) is 19.8. The zero-order valence-electron chi connectivity index (χ0n) is 26.2. The van der Waals surface area contributed by atoms with Gasteiger partial charge in [-0.15, -0.1) is 0 Å². The minimum absolute atomic E-state index is 0.102. The lowest BCUT2D eigenvalue weighted by atomic mass is 9.88. The van der Waals surface area contributed by atoms with E-state index in [4.69, 9.17) is 18.9 Å². The molecule has 8 N–H and O–H groups in total. The lowest BCUT2D eigenvalue weighted by Gasteiger charge is -2.45. The number of carboxylic acid groups (broad SMARTS) is 1. The molecule has 0 aromatic carbocycles. The fourth-order valence-corrected chi connectivity index (χ4v) is 4.41. The molecular formula is C28H52N2O13. The van der Waals surface area contributed by atoms with E-state index in [0.29, 0.717) is 25.9 Å². The van der Waals surface area contributed by atoms with Gasteiger partial charge in [-0.05, 0) is 47.0 Å². The molecule has 0 spiro atoms. The molecule has 0 aromatic rings. The second kappa shape index (κ2) is 16.8. The van der Waals surface area contributed by atoms with Gasteiger partial charge in [0.05, 0.1) is 43.2 Å². The van der Waals surface area contributed by atoms with Crippen LogP contribution in [-0.4, -0.2) is 129 Å². The number of rotatable bonds is 18. The molecule has 15 heteroatoms. The fourth-order valence-electron chi connectivity index (χ4n) is 4.41. The van der Waals surface area contributed by atoms with Crippen molar-refractivity contribution in [2.24, 2.45) is 5.92 Å². The Kier molecular flexibility index (Phi) is 15.2. The summed E-state index contributed by atoms with van der Waals surface area (Å²) < 4.78 is 21.7. The molecule has 1 rings (SSSR count). The van der Waals surface area contributed by atoms with Gasteiger partial charge in [0, 0.05) is 31.9 Å². The second-order valence-corrected chi connectivity index (χ2v) is 12.3. The van der Waals surface area contributed by atoms with E-state index in [-0.39, 0.29) is 18.6 Å². The van der Waals surface area contributed by atoms with Crippen LogP contribution in [0.15, 0.2) is 0 Å². The zero-order valence-corrected chi connectivity index (χ0v) is 26.2. The average molecular weight is 625 g/mol. The number of aliphatic carboxylic acids is 1. The Morgan fingerprint density at radius 1 is 1.09 bits per heavy atom. The summed E-state index contributed by atoms with van der Waals surface area (Å²) >= 11 is 0. The van der Waals surface area contributed by atoms with Crippen molar-refractivity contribution in [1.29, 1.82) is 0 Å². The third kappa shape index (κ3) is 12.4. The number of aliphatic hydroxyl groups excluding tert-OH is 4. The quantitative estimate of drug-likeness (QED) is 0.0974. The highest BCUT2D eigenvalue weighted by atomic mass is 16.7. The van der Waals surface area contributed by atoms with Crippen LogP contribution in [0.5, 0.6) is 0 Å². The maximum atomic E-state index is 13.0. The van der Waals surface area contributed by atoms with Crippen LogP contribution >= 0.6 is 0 Å². The molecule has 1 aliphatic heterocycles. The van der Waals surface area contributed by atoms with Crippen LogP contribution in [0, 0.1) is 5.92 Å². The van der Waals surface area contributed by atoms with Crippen LogP contribution in [0.4, 0.5) is 4.79 Å². The fraction of sp³-hybridized carbons (Fsp3) is 0.893. The minimum Gasteiger partial charge on any atom is -0.477 e. The molecule has 15 nitrogen and oxygen atoms in total. The number of carbonyl (C=O) groups excluding carboxylic acids is 2. The van der Waals surface area contributed by atoms with Crippen molar-refractivity contribution in [2.45, 2.75) is 127 Å². The van der Waals surface area contributed by atoms with Gasteiger partial charge in [-0.3, -0.25) is 4.79 Å².